The van der Waals surface area contributed by atoms with Crippen LogP contribution in [0.15, 0.2) is 23.6 Å². The maximum Gasteiger partial charge on any atom is 0.335 e. The van der Waals surface area contributed by atoms with Crippen molar-refractivity contribution in [2.24, 2.45) is 0 Å². The van der Waals surface area contributed by atoms with Crippen molar-refractivity contribution in [2.45, 2.75) is 6.92 Å². The van der Waals surface area contributed by atoms with Crippen molar-refractivity contribution in [1.82, 2.24) is 4.98 Å². The second-order valence-corrected chi connectivity index (χ2v) is 4.77. The van der Waals surface area contributed by atoms with E-state index >= 15 is 0 Å². The number of carbonyl (C=O) groups excluding carboxylic acids is 1. The van der Waals surface area contributed by atoms with E-state index in [0.717, 1.165) is 11.8 Å². The number of carboxylic acid groups (broad SMARTS) is 1. The molecule has 0 unspecified atom stereocenters. The van der Waals surface area contributed by atoms with E-state index in [1.807, 2.05) is 0 Å². The Kier molecular flexibility index (Phi) is 3.85. The summed E-state index contributed by atoms with van der Waals surface area (Å²) in [5, 5.41) is 25.5. The summed E-state index contributed by atoms with van der Waals surface area (Å²) in [5.74, 6) is -1.48. The highest BCUT2D eigenvalue weighted by Crippen LogP contribution is 2.24. The zero-order valence-electron chi connectivity index (χ0n) is 10.4. The van der Waals surface area contributed by atoms with Crippen molar-refractivity contribution in [3.05, 3.63) is 34.8 Å². The van der Waals surface area contributed by atoms with Crippen LogP contribution in [0, 0.1) is 6.92 Å². The normalized spacial score (nSPS) is 10.1. The molecular weight excluding hydrogens is 282 g/mol. The molecule has 1 aromatic heterocycles. The number of thiazole rings is 1. The lowest BCUT2D eigenvalue weighted by Crippen LogP contribution is -2.19. The molecular formula is C12H11N3O4S. The standard InChI is InChI=1S/C12H11N3O4S/c1-6-5-20-12(13-6)15-11(19)14-8-3-2-7(10(17)18)4-9(8)16/h2-5,16H,1H3,(H,17,18)(H2,13,14,15,19). The minimum Gasteiger partial charge on any atom is -0.506 e. The number of carbonyl (C=O) groups is 2. The summed E-state index contributed by atoms with van der Waals surface area (Å²) in [6.07, 6.45) is 0. The van der Waals surface area contributed by atoms with Gasteiger partial charge in [-0.15, -0.1) is 11.3 Å². The number of hydrogen-bond donors (Lipinski definition) is 4. The molecule has 0 saturated heterocycles. The number of carboxylic acids is 1. The van der Waals surface area contributed by atoms with Crippen LogP contribution in [-0.4, -0.2) is 27.2 Å². The summed E-state index contributed by atoms with van der Waals surface area (Å²) in [4.78, 5) is 26.4. The Morgan fingerprint density at radius 1 is 1.30 bits per heavy atom. The molecule has 2 aromatic rings. The predicted octanol–water partition coefficient (Wildman–Crippen LogP) is 2.50. The van der Waals surface area contributed by atoms with Crippen molar-refractivity contribution in [1.29, 1.82) is 0 Å². The van der Waals surface area contributed by atoms with Gasteiger partial charge in [-0.3, -0.25) is 5.32 Å². The van der Waals surface area contributed by atoms with E-state index in [4.69, 9.17) is 5.11 Å². The molecule has 0 atom stereocenters. The Balaban J connectivity index is 2.06. The summed E-state index contributed by atoms with van der Waals surface area (Å²) in [5.41, 5.74) is 0.837. The predicted molar refractivity (Wildman–Crippen MR) is 74.6 cm³/mol. The number of urea groups is 1. The SMILES string of the molecule is Cc1csc(NC(=O)Nc2ccc(C(=O)O)cc2O)n1. The molecule has 0 aliphatic carbocycles. The first kappa shape index (κ1) is 13.8. The molecule has 4 N–H and O–H groups in total. The van der Waals surface area contributed by atoms with Crippen LogP contribution < -0.4 is 10.6 Å². The first-order valence-electron chi connectivity index (χ1n) is 5.52. The van der Waals surface area contributed by atoms with Crippen molar-refractivity contribution in [3.8, 4) is 5.75 Å². The number of hydrogen-bond acceptors (Lipinski definition) is 5. The number of amides is 2. The molecule has 0 aliphatic heterocycles. The van der Waals surface area contributed by atoms with Crippen molar-refractivity contribution in [3.63, 3.8) is 0 Å². The van der Waals surface area contributed by atoms with Gasteiger partial charge in [0.05, 0.1) is 16.9 Å². The number of nitrogens with zero attached hydrogens (tertiary/aromatic N) is 1. The van der Waals surface area contributed by atoms with Gasteiger partial charge in [0.15, 0.2) is 5.13 Å². The number of aromatic carboxylic acids is 1. The molecule has 7 nitrogen and oxygen atoms in total. The van der Waals surface area contributed by atoms with Gasteiger partial charge in [-0.2, -0.15) is 0 Å². The summed E-state index contributed by atoms with van der Waals surface area (Å²) in [6, 6.07) is 3.08. The molecule has 0 saturated carbocycles. The third kappa shape index (κ3) is 3.23. The summed E-state index contributed by atoms with van der Waals surface area (Å²) in [7, 11) is 0. The van der Waals surface area contributed by atoms with Crippen molar-refractivity contribution >= 4 is 34.2 Å². The van der Waals surface area contributed by atoms with E-state index in [1.54, 1.807) is 12.3 Å². The van der Waals surface area contributed by atoms with Crippen LogP contribution >= 0.6 is 11.3 Å². The Morgan fingerprint density at radius 2 is 2.05 bits per heavy atom. The second kappa shape index (κ2) is 5.57. The van der Waals surface area contributed by atoms with Crippen LogP contribution in [0.1, 0.15) is 16.1 Å². The highest BCUT2D eigenvalue weighted by molar-refractivity contribution is 7.13. The summed E-state index contributed by atoms with van der Waals surface area (Å²) >= 11 is 1.28. The van der Waals surface area contributed by atoms with Gasteiger partial charge >= 0.3 is 12.0 Å². The van der Waals surface area contributed by atoms with E-state index in [2.05, 4.69) is 15.6 Å². The third-order valence-corrected chi connectivity index (χ3v) is 3.21. The molecule has 1 aromatic carbocycles. The number of anilines is 2. The zero-order chi connectivity index (χ0) is 14.7. The van der Waals surface area contributed by atoms with Gasteiger partial charge < -0.3 is 15.5 Å². The Hall–Kier alpha value is -2.61. The van der Waals surface area contributed by atoms with Crippen LogP contribution in [0.5, 0.6) is 5.75 Å². The van der Waals surface area contributed by atoms with Gasteiger partial charge in [0.25, 0.3) is 0 Å². The number of nitrogens with one attached hydrogen (secondary N) is 2. The molecule has 0 radical (unpaired) electrons. The van der Waals surface area contributed by atoms with Gasteiger partial charge in [0.1, 0.15) is 5.75 Å². The van der Waals surface area contributed by atoms with Crippen molar-refractivity contribution < 1.29 is 19.8 Å². The molecule has 1 heterocycles. The largest absolute Gasteiger partial charge is 0.506 e. The first-order valence-corrected chi connectivity index (χ1v) is 6.40. The van der Waals surface area contributed by atoms with Gasteiger partial charge in [-0.05, 0) is 25.1 Å². The van der Waals surface area contributed by atoms with E-state index < -0.39 is 12.0 Å². The Morgan fingerprint density at radius 3 is 2.60 bits per heavy atom. The molecule has 20 heavy (non-hydrogen) atoms. The maximum absolute atomic E-state index is 11.7. The molecule has 0 spiro atoms. The molecule has 0 fully saturated rings. The topological polar surface area (TPSA) is 112 Å². The van der Waals surface area contributed by atoms with E-state index in [-0.39, 0.29) is 17.0 Å². The van der Waals surface area contributed by atoms with E-state index in [0.29, 0.717) is 5.13 Å². The molecule has 2 rings (SSSR count). The fraction of sp³-hybridized carbons (Fsp3) is 0.0833. The van der Waals surface area contributed by atoms with Crippen LogP contribution in [0.3, 0.4) is 0 Å². The molecule has 0 bridgehead atoms. The van der Waals surface area contributed by atoms with Crippen LogP contribution in [-0.2, 0) is 0 Å². The van der Waals surface area contributed by atoms with E-state index in [9.17, 15) is 14.7 Å². The fourth-order valence-corrected chi connectivity index (χ4v) is 2.12. The lowest BCUT2D eigenvalue weighted by atomic mass is 10.2. The fourth-order valence-electron chi connectivity index (χ4n) is 1.43. The monoisotopic (exact) mass is 293 g/mol. The number of aromatic hydroxyl groups is 1. The maximum atomic E-state index is 11.7. The minimum atomic E-state index is -1.16. The third-order valence-electron chi connectivity index (χ3n) is 2.33. The first-order chi connectivity index (χ1) is 9.45. The lowest BCUT2D eigenvalue weighted by Gasteiger charge is -2.07. The van der Waals surface area contributed by atoms with Gasteiger partial charge in [-0.1, -0.05) is 0 Å². The van der Waals surface area contributed by atoms with E-state index in [1.165, 1.54) is 23.5 Å². The number of aryl methyl sites for hydroxylation is 1. The number of phenols is 1. The molecule has 104 valence electrons. The van der Waals surface area contributed by atoms with Crippen LogP contribution in [0.2, 0.25) is 0 Å². The smallest absolute Gasteiger partial charge is 0.335 e. The van der Waals surface area contributed by atoms with Crippen LogP contribution in [0.4, 0.5) is 15.6 Å². The Labute approximate surface area is 117 Å². The molecule has 2 amide bonds. The highest BCUT2D eigenvalue weighted by Gasteiger charge is 2.11. The number of rotatable bonds is 3. The number of aromatic nitrogens is 1. The summed E-state index contributed by atoms with van der Waals surface area (Å²) in [6.45, 7) is 1.80. The average molecular weight is 293 g/mol. The lowest BCUT2D eigenvalue weighted by molar-refractivity contribution is 0.0696. The minimum absolute atomic E-state index is 0.0657. The number of phenolic OH excluding ortho intramolecular Hbond substituents is 1. The zero-order valence-corrected chi connectivity index (χ0v) is 11.2. The number of benzene rings is 1. The highest BCUT2D eigenvalue weighted by atomic mass is 32.1. The van der Waals surface area contributed by atoms with Gasteiger partial charge in [0, 0.05) is 5.38 Å². The Bertz CT molecular complexity index is 668. The molecule has 0 aliphatic rings. The van der Waals surface area contributed by atoms with Crippen LogP contribution in [0.25, 0.3) is 0 Å². The molecule has 8 heteroatoms. The van der Waals surface area contributed by atoms with Gasteiger partial charge in [-0.25, -0.2) is 14.6 Å². The van der Waals surface area contributed by atoms with Crippen molar-refractivity contribution in [2.75, 3.05) is 10.6 Å². The van der Waals surface area contributed by atoms with Gasteiger partial charge in [0.2, 0.25) is 0 Å². The second-order valence-electron chi connectivity index (χ2n) is 3.91. The summed E-state index contributed by atoms with van der Waals surface area (Å²) < 4.78 is 0. The quantitative estimate of drug-likeness (QED) is 0.650. The average Bonchev–Trinajstić information content (AvgIpc) is 2.77.